The number of nitrogens with one attached hydrogen (secondary N) is 1. The van der Waals surface area contributed by atoms with Crippen LogP contribution in [-0.4, -0.2) is 17.5 Å². The summed E-state index contributed by atoms with van der Waals surface area (Å²) in [7, 11) is 0. The van der Waals surface area contributed by atoms with Gasteiger partial charge in [0.1, 0.15) is 0 Å². The minimum Gasteiger partial charge on any atom is -0.309 e. The van der Waals surface area contributed by atoms with Gasteiger partial charge in [-0.15, -0.1) is 0 Å². The third-order valence-electron chi connectivity index (χ3n) is 3.96. The molecular weight excluding hydrogens is 274 g/mol. The smallest absolute Gasteiger partial charge is 0.0437 e. The summed E-state index contributed by atoms with van der Waals surface area (Å²) in [5, 5.41) is 4.37. The zero-order chi connectivity index (χ0) is 15.5. The summed E-state index contributed by atoms with van der Waals surface area (Å²) >= 11 is 2.12. The molecule has 0 amide bonds. The van der Waals surface area contributed by atoms with E-state index in [2.05, 4.69) is 69.0 Å². The first-order valence-corrected chi connectivity index (χ1v) is 9.71. The van der Waals surface area contributed by atoms with E-state index in [9.17, 15) is 0 Å². The second kappa shape index (κ2) is 11.1. The van der Waals surface area contributed by atoms with Gasteiger partial charge in [-0.3, -0.25) is 0 Å². The standard InChI is InChI=1S/C19H33NS/c1-5-8-9-15-21-16(4)19(20-14-6-2)18-12-10-17(7-3)11-13-18/h10-13,16,19-20H,5-9,14-15H2,1-4H3. The first kappa shape index (κ1) is 18.6. The summed E-state index contributed by atoms with van der Waals surface area (Å²) in [6, 6.07) is 9.67. The number of hydrogen-bond donors (Lipinski definition) is 1. The largest absolute Gasteiger partial charge is 0.309 e. The fourth-order valence-electron chi connectivity index (χ4n) is 2.53. The van der Waals surface area contributed by atoms with Crippen LogP contribution >= 0.6 is 11.8 Å². The lowest BCUT2D eigenvalue weighted by Gasteiger charge is -2.25. The lowest BCUT2D eigenvalue weighted by atomic mass is 10.0. The van der Waals surface area contributed by atoms with E-state index in [4.69, 9.17) is 0 Å². The Balaban J connectivity index is 2.63. The van der Waals surface area contributed by atoms with Crippen LogP contribution in [0.1, 0.15) is 70.5 Å². The highest BCUT2D eigenvalue weighted by atomic mass is 32.2. The third-order valence-corrected chi connectivity index (χ3v) is 5.28. The lowest BCUT2D eigenvalue weighted by Crippen LogP contribution is -2.29. The van der Waals surface area contributed by atoms with Gasteiger partial charge in [-0.2, -0.15) is 11.8 Å². The molecule has 1 rings (SSSR count). The van der Waals surface area contributed by atoms with Gasteiger partial charge in [0, 0.05) is 11.3 Å². The molecule has 0 heterocycles. The molecule has 0 saturated heterocycles. The molecular formula is C19H33NS. The Labute approximate surface area is 136 Å². The van der Waals surface area contributed by atoms with Gasteiger partial charge in [0.05, 0.1) is 0 Å². The maximum absolute atomic E-state index is 3.74. The van der Waals surface area contributed by atoms with E-state index in [1.165, 1.54) is 42.6 Å². The van der Waals surface area contributed by atoms with Gasteiger partial charge in [-0.1, -0.05) is 64.8 Å². The van der Waals surface area contributed by atoms with Crippen molar-refractivity contribution in [3.05, 3.63) is 35.4 Å². The molecule has 0 bridgehead atoms. The number of aryl methyl sites for hydroxylation is 1. The van der Waals surface area contributed by atoms with Gasteiger partial charge in [-0.25, -0.2) is 0 Å². The summed E-state index contributed by atoms with van der Waals surface area (Å²) < 4.78 is 0. The minimum absolute atomic E-state index is 0.475. The van der Waals surface area contributed by atoms with Crippen molar-refractivity contribution in [3.63, 3.8) is 0 Å². The van der Waals surface area contributed by atoms with E-state index in [0.29, 0.717) is 11.3 Å². The minimum atomic E-state index is 0.475. The van der Waals surface area contributed by atoms with Crippen molar-refractivity contribution >= 4 is 11.8 Å². The van der Waals surface area contributed by atoms with Crippen LogP contribution in [0.3, 0.4) is 0 Å². The molecule has 0 aliphatic rings. The maximum atomic E-state index is 3.74. The second-order valence-corrected chi connectivity index (χ2v) is 7.30. The van der Waals surface area contributed by atoms with Crippen LogP contribution in [0.4, 0.5) is 0 Å². The fraction of sp³-hybridized carbons (Fsp3) is 0.684. The Hall–Kier alpha value is -0.470. The zero-order valence-corrected chi connectivity index (χ0v) is 15.1. The second-order valence-electron chi connectivity index (χ2n) is 5.81. The third kappa shape index (κ3) is 6.88. The molecule has 0 aromatic heterocycles. The first-order chi connectivity index (χ1) is 10.2. The van der Waals surface area contributed by atoms with Crippen LogP contribution in [0, 0.1) is 0 Å². The summed E-state index contributed by atoms with van der Waals surface area (Å²) in [5.74, 6) is 1.28. The number of hydrogen-bond acceptors (Lipinski definition) is 2. The average molecular weight is 308 g/mol. The molecule has 0 aliphatic carbocycles. The van der Waals surface area contributed by atoms with E-state index in [-0.39, 0.29) is 0 Å². The van der Waals surface area contributed by atoms with Gasteiger partial charge in [0.15, 0.2) is 0 Å². The van der Waals surface area contributed by atoms with E-state index in [0.717, 1.165) is 13.0 Å². The van der Waals surface area contributed by atoms with Gasteiger partial charge >= 0.3 is 0 Å². The van der Waals surface area contributed by atoms with Crippen LogP contribution in [0.15, 0.2) is 24.3 Å². The normalized spacial score (nSPS) is 14.1. The zero-order valence-electron chi connectivity index (χ0n) is 14.3. The van der Waals surface area contributed by atoms with Crippen molar-refractivity contribution in [1.29, 1.82) is 0 Å². The van der Waals surface area contributed by atoms with E-state index < -0.39 is 0 Å². The van der Waals surface area contributed by atoms with Gasteiger partial charge in [-0.05, 0) is 42.7 Å². The maximum Gasteiger partial charge on any atom is 0.0437 e. The van der Waals surface area contributed by atoms with Gasteiger partial charge in [0.25, 0.3) is 0 Å². The molecule has 2 heteroatoms. The Morgan fingerprint density at radius 2 is 1.71 bits per heavy atom. The Kier molecular flexibility index (Phi) is 9.86. The predicted molar refractivity (Wildman–Crippen MR) is 98.3 cm³/mol. The molecule has 2 atom stereocenters. The number of rotatable bonds is 11. The molecule has 0 radical (unpaired) electrons. The topological polar surface area (TPSA) is 12.0 Å². The van der Waals surface area contributed by atoms with Crippen LogP contribution < -0.4 is 5.32 Å². The van der Waals surface area contributed by atoms with Crippen molar-refractivity contribution in [2.45, 2.75) is 71.1 Å². The lowest BCUT2D eigenvalue weighted by molar-refractivity contribution is 0.527. The summed E-state index contributed by atoms with van der Waals surface area (Å²) in [5.41, 5.74) is 2.87. The summed E-state index contributed by atoms with van der Waals surface area (Å²) in [6.45, 7) is 10.2. The highest BCUT2D eigenvalue weighted by Crippen LogP contribution is 2.27. The predicted octanol–water partition coefficient (Wildman–Crippen LogP) is 5.60. The Morgan fingerprint density at radius 1 is 1.00 bits per heavy atom. The van der Waals surface area contributed by atoms with Crippen molar-refractivity contribution in [2.75, 3.05) is 12.3 Å². The molecule has 0 saturated carbocycles. The van der Waals surface area contributed by atoms with Crippen LogP contribution in [0.25, 0.3) is 0 Å². The Morgan fingerprint density at radius 3 is 2.29 bits per heavy atom. The van der Waals surface area contributed by atoms with Crippen molar-refractivity contribution in [2.24, 2.45) is 0 Å². The van der Waals surface area contributed by atoms with Crippen LogP contribution in [-0.2, 0) is 6.42 Å². The molecule has 120 valence electrons. The van der Waals surface area contributed by atoms with Crippen molar-refractivity contribution < 1.29 is 0 Å². The molecule has 1 nitrogen and oxygen atoms in total. The van der Waals surface area contributed by atoms with E-state index in [1.807, 2.05) is 0 Å². The van der Waals surface area contributed by atoms with Crippen LogP contribution in [0.5, 0.6) is 0 Å². The Bertz CT molecular complexity index is 360. The highest BCUT2D eigenvalue weighted by molar-refractivity contribution is 7.99. The number of unbranched alkanes of at least 4 members (excludes halogenated alkanes) is 2. The molecule has 0 aliphatic heterocycles. The molecule has 1 N–H and O–H groups in total. The fourth-order valence-corrected chi connectivity index (χ4v) is 3.72. The molecule has 21 heavy (non-hydrogen) atoms. The molecule has 1 aromatic carbocycles. The monoisotopic (exact) mass is 307 g/mol. The number of thioether (sulfide) groups is 1. The molecule has 2 unspecified atom stereocenters. The highest BCUT2D eigenvalue weighted by Gasteiger charge is 2.18. The van der Waals surface area contributed by atoms with Gasteiger partial charge < -0.3 is 5.32 Å². The molecule has 1 aromatic rings. The summed E-state index contributed by atoms with van der Waals surface area (Å²) in [6.07, 6.45) is 6.33. The van der Waals surface area contributed by atoms with E-state index >= 15 is 0 Å². The van der Waals surface area contributed by atoms with Crippen molar-refractivity contribution in [3.8, 4) is 0 Å². The van der Waals surface area contributed by atoms with Crippen LogP contribution in [0.2, 0.25) is 0 Å². The van der Waals surface area contributed by atoms with Crippen molar-refractivity contribution in [1.82, 2.24) is 5.32 Å². The number of benzene rings is 1. The van der Waals surface area contributed by atoms with E-state index in [1.54, 1.807) is 0 Å². The molecule has 0 spiro atoms. The first-order valence-electron chi connectivity index (χ1n) is 8.66. The average Bonchev–Trinajstić information content (AvgIpc) is 2.52. The molecule has 0 fully saturated rings. The SMILES string of the molecule is CCCCCSC(C)C(NCCC)c1ccc(CC)cc1. The van der Waals surface area contributed by atoms with Gasteiger partial charge in [0.2, 0.25) is 0 Å². The quantitative estimate of drug-likeness (QED) is 0.534. The summed E-state index contributed by atoms with van der Waals surface area (Å²) in [4.78, 5) is 0.